The van der Waals surface area contributed by atoms with E-state index in [-0.39, 0.29) is 0 Å². The van der Waals surface area contributed by atoms with Crippen molar-refractivity contribution in [2.24, 2.45) is 5.92 Å². The second-order valence-corrected chi connectivity index (χ2v) is 6.60. The van der Waals surface area contributed by atoms with Crippen LogP contribution in [0.1, 0.15) is 36.4 Å². The summed E-state index contributed by atoms with van der Waals surface area (Å²) >= 11 is 3.60. The molecule has 0 saturated carbocycles. The van der Waals surface area contributed by atoms with Crippen molar-refractivity contribution in [3.63, 3.8) is 0 Å². The number of nitrogens with one attached hydrogen (secondary N) is 1. The molecule has 1 saturated heterocycles. The molecular formula is C16H25BrN2. The molecule has 0 aliphatic carbocycles. The minimum Gasteiger partial charge on any atom is -0.319 e. The monoisotopic (exact) mass is 324 g/mol. The summed E-state index contributed by atoms with van der Waals surface area (Å²) in [6, 6.07) is 7.37. The molecule has 1 N–H and O–H groups in total. The summed E-state index contributed by atoms with van der Waals surface area (Å²) in [5.41, 5.74) is 2.80. The lowest BCUT2D eigenvalue weighted by Gasteiger charge is -2.33. The van der Waals surface area contributed by atoms with Gasteiger partial charge in [0.1, 0.15) is 0 Å². The highest BCUT2D eigenvalue weighted by atomic mass is 79.9. The van der Waals surface area contributed by atoms with Gasteiger partial charge in [-0.3, -0.25) is 4.90 Å². The first kappa shape index (κ1) is 15.0. The fraction of sp³-hybridized carbons (Fsp3) is 0.625. The molecule has 2 atom stereocenters. The third-order valence-electron chi connectivity index (χ3n) is 4.25. The molecule has 2 nitrogen and oxygen atoms in total. The second-order valence-electron chi connectivity index (χ2n) is 5.75. The fourth-order valence-corrected chi connectivity index (χ4v) is 3.53. The molecular weight excluding hydrogens is 300 g/mol. The maximum absolute atomic E-state index is 3.60. The van der Waals surface area contributed by atoms with E-state index in [0.717, 1.165) is 6.54 Å². The number of benzene rings is 1. The Bertz CT molecular complexity index is 419. The highest BCUT2D eigenvalue weighted by Crippen LogP contribution is 2.35. The van der Waals surface area contributed by atoms with Crippen LogP contribution in [0.2, 0.25) is 0 Å². The van der Waals surface area contributed by atoms with Crippen LogP contribution in [-0.2, 0) is 0 Å². The molecule has 2 unspecified atom stereocenters. The first-order valence-corrected chi connectivity index (χ1v) is 8.03. The Balaban J connectivity index is 2.31. The molecule has 1 aliphatic heterocycles. The molecule has 0 aromatic heterocycles. The molecule has 1 aliphatic rings. The SMILES string of the molecule is CNCC1CCCCN(C)C1c1ccc(Br)c(C)c1. The maximum Gasteiger partial charge on any atom is 0.0385 e. The Morgan fingerprint density at radius 1 is 1.37 bits per heavy atom. The van der Waals surface area contributed by atoms with Gasteiger partial charge in [0.15, 0.2) is 0 Å². The minimum atomic E-state index is 0.543. The molecule has 1 heterocycles. The first-order chi connectivity index (χ1) is 9.13. The Labute approximate surface area is 125 Å². The van der Waals surface area contributed by atoms with Crippen LogP contribution in [0.4, 0.5) is 0 Å². The number of aryl methyl sites for hydroxylation is 1. The zero-order valence-corrected chi connectivity index (χ0v) is 13.8. The van der Waals surface area contributed by atoms with Crippen molar-refractivity contribution in [2.45, 2.75) is 32.2 Å². The van der Waals surface area contributed by atoms with Gasteiger partial charge in [0.25, 0.3) is 0 Å². The molecule has 1 aromatic carbocycles. The number of hydrogen-bond donors (Lipinski definition) is 1. The second kappa shape index (κ2) is 6.87. The smallest absolute Gasteiger partial charge is 0.0385 e. The number of nitrogens with zero attached hydrogens (tertiary/aromatic N) is 1. The zero-order chi connectivity index (χ0) is 13.8. The van der Waals surface area contributed by atoms with Crippen LogP contribution in [0, 0.1) is 12.8 Å². The summed E-state index contributed by atoms with van der Waals surface area (Å²) < 4.78 is 1.21. The van der Waals surface area contributed by atoms with E-state index >= 15 is 0 Å². The number of likely N-dealkylation sites (tertiary alicyclic amines) is 1. The number of rotatable bonds is 3. The van der Waals surface area contributed by atoms with E-state index in [1.54, 1.807) is 0 Å². The Hall–Kier alpha value is -0.380. The Kier molecular flexibility index (Phi) is 5.43. The van der Waals surface area contributed by atoms with E-state index in [9.17, 15) is 0 Å². The van der Waals surface area contributed by atoms with Crippen LogP contribution < -0.4 is 5.32 Å². The van der Waals surface area contributed by atoms with E-state index < -0.39 is 0 Å². The molecule has 1 fully saturated rings. The van der Waals surface area contributed by atoms with Gasteiger partial charge in [-0.2, -0.15) is 0 Å². The van der Waals surface area contributed by atoms with Crippen molar-refractivity contribution in [2.75, 3.05) is 27.2 Å². The van der Waals surface area contributed by atoms with Crippen LogP contribution in [0.15, 0.2) is 22.7 Å². The lowest BCUT2D eigenvalue weighted by atomic mass is 9.88. The maximum atomic E-state index is 3.60. The van der Waals surface area contributed by atoms with Crippen molar-refractivity contribution >= 4 is 15.9 Å². The lowest BCUT2D eigenvalue weighted by Crippen LogP contribution is -2.34. The predicted octanol–water partition coefficient (Wildman–Crippen LogP) is 3.75. The van der Waals surface area contributed by atoms with Gasteiger partial charge in [-0.15, -0.1) is 0 Å². The summed E-state index contributed by atoms with van der Waals surface area (Å²) in [5.74, 6) is 0.707. The normalized spacial score (nSPS) is 25.3. The van der Waals surface area contributed by atoms with Crippen molar-refractivity contribution in [1.82, 2.24) is 10.2 Å². The quantitative estimate of drug-likeness (QED) is 0.910. The minimum absolute atomic E-state index is 0.543. The third kappa shape index (κ3) is 3.59. The van der Waals surface area contributed by atoms with E-state index in [0.29, 0.717) is 12.0 Å². The number of hydrogen-bond acceptors (Lipinski definition) is 2. The first-order valence-electron chi connectivity index (χ1n) is 7.24. The standard InChI is InChI=1S/C16H25BrN2/c1-12-10-13(7-8-15(12)17)16-14(11-18-2)6-4-5-9-19(16)3/h7-8,10,14,16,18H,4-6,9,11H2,1-3H3. The van der Waals surface area contributed by atoms with Crippen LogP contribution in [-0.4, -0.2) is 32.1 Å². The largest absolute Gasteiger partial charge is 0.319 e. The summed E-state index contributed by atoms with van der Waals surface area (Å²) in [4.78, 5) is 2.54. The van der Waals surface area contributed by atoms with Crippen molar-refractivity contribution in [1.29, 1.82) is 0 Å². The van der Waals surface area contributed by atoms with Gasteiger partial charge in [0.05, 0.1) is 0 Å². The van der Waals surface area contributed by atoms with Gasteiger partial charge in [-0.1, -0.05) is 34.5 Å². The van der Waals surface area contributed by atoms with Crippen molar-refractivity contribution in [3.05, 3.63) is 33.8 Å². The molecule has 19 heavy (non-hydrogen) atoms. The van der Waals surface area contributed by atoms with Crippen molar-refractivity contribution < 1.29 is 0 Å². The molecule has 0 spiro atoms. The van der Waals surface area contributed by atoms with Crippen LogP contribution in [0.5, 0.6) is 0 Å². The third-order valence-corrected chi connectivity index (χ3v) is 5.14. The van der Waals surface area contributed by atoms with Gasteiger partial charge in [-0.05, 0) is 70.1 Å². The van der Waals surface area contributed by atoms with E-state index in [1.165, 1.54) is 41.4 Å². The van der Waals surface area contributed by atoms with Gasteiger partial charge in [0, 0.05) is 10.5 Å². The average molecular weight is 325 g/mol. The molecule has 1 aromatic rings. The highest BCUT2D eigenvalue weighted by Gasteiger charge is 2.28. The summed E-state index contributed by atoms with van der Waals surface area (Å²) in [7, 11) is 4.34. The Morgan fingerprint density at radius 3 is 2.84 bits per heavy atom. The highest BCUT2D eigenvalue weighted by molar-refractivity contribution is 9.10. The predicted molar refractivity (Wildman–Crippen MR) is 85.5 cm³/mol. The van der Waals surface area contributed by atoms with Crippen LogP contribution in [0.25, 0.3) is 0 Å². The molecule has 3 heteroatoms. The summed E-state index contributed by atoms with van der Waals surface area (Å²) in [6.45, 7) is 4.49. The van der Waals surface area contributed by atoms with E-state index in [4.69, 9.17) is 0 Å². The lowest BCUT2D eigenvalue weighted by molar-refractivity contribution is 0.191. The Morgan fingerprint density at radius 2 is 2.16 bits per heavy atom. The van der Waals surface area contributed by atoms with Gasteiger partial charge in [0.2, 0.25) is 0 Å². The van der Waals surface area contributed by atoms with Gasteiger partial charge >= 0.3 is 0 Å². The molecule has 0 radical (unpaired) electrons. The zero-order valence-electron chi connectivity index (χ0n) is 12.2. The average Bonchev–Trinajstić information content (AvgIpc) is 2.56. The van der Waals surface area contributed by atoms with Crippen LogP contribution >= 0.6 is 15.9 Å². The van der Waals surface area contributed by atoms with Crippen LogP contribution in [0.3, 0.4) is 0 Å². The number of halogens is 1. The molecule has 0 amide bonds. The van der Waals surface area contributed by atoms with Crippen molar-refractivity contribution in [3.8, 4) is 0 Å². The summed E-state index contributed by atoms with van der Waals surface area (Å²) in [6.07, 6.45) is 4.00. The molecule has 106 valence electrons. The topological polar surface area (TPSA) is 15.3 Å². The van der Waals surface area contributed by atoms with Gasteiger partial charge in [-0.25, -0.2) is 0 Å². The molecule has 2 rings (SSSR count). The fourth-order valence-electron chi connectivity index (χ4n) is 3.28. The van der Waals surface area contributed by atoms with Gasteiger partial charge < -0.3 is 5.32 Å². The van der Waals surface area contributed by atoms with E-state index in [2.05, 4.69) is 65.4 Å². The summed E-state index contributed by atoms with van der Waals surface area (Å²) in [5, 5.41) is 3.38. The molecule has 0 bridgehead atoms. The van der Waals surface area contributed by atoms with E-state index in [1.807, 2.05) is 0 Å².